The molecule has 0 aromatic rings. The minimum absolute atomic E-state index is 0.0278. The fourth-order valence-corrected chi connectivity index (χ4v) is 6.15. The van der Waals surface area contributed by atoms with Crippen molar-refractivity contribution in [3.8, 4) is 0 Å². The summed E-state index contributed by atoms with van der Waals surface area (Å²) < 4.78 is 33.3. The first-order valence-corrected chi connectivity index (χ1v) is 23.1. The normalized spacial score (nSPS) is 14.9. The molecule has 0 heterocycles. The number of ether oxygens (including phenoxy) is 2. The Bertz CT molecular complexity index is 1140. The van der Waals surface area contributed by atoms with Crippen molar-refractivity contribution in [2.24, 2.45) is 0 Å². The van der Waals surface area contributed by atoms with Crippen LogP contribution in [0, 0.1) is 0 Å². The Hall–Kier alpha value is -2.36. The van der Waals surface area contributed by atoms with Crippen molar-refractivity contribution in [2.75, 3.05) is 33.0 Å². The molecule has 0 spiro atoms. The van der Waals surface area contributed by atoms with Crippen molar-refractivity contribution < 1.29 is 43.0 Å². The Balaban J connectivity index is 4.18. The molecule has 0 radical (unpaired) electrons. The number of hydrogen-bond donors (Lipinski definition) is 3. The summed E-state index contributed by atoms with van der Waals surface area (Å²) in [5, 5.41) is 18.3. The molecule has 10 heteroatoms. The second kappa shape index (κ2) is 42.3. The van der Waals surface area contributed by atoms with E-state index >= 15 is 0 Å². The van der Waals surface area contributed by atoms with Gasteiger partial charge in [0.2, 0.25) is 0 Å². The van der Waals surface area contributed by atoms with Crippen molar-refractivity contribution in [3.05, 3.63) is 85.1 Å². The van der Waals surface area contributed by atoms with Gasteiger partial charge in [-0.15, -0.1) is 0 Å². The third-order valence-electron chi connectivity index (χ3n) is 8.58. The monoisotopic (exact) mass is 807 g/mol. The highest BCUT2D eigenvalue weighted by atomic mass is 31.2. The molecule has 3 atom stereocenters. The van der Waals surface area contributed by atoms with Gasteiger partial charge in [0.15, 0.2) is 0 Å². The summed E-state index contributed by atoms with van der Waals surface area (Å²) in [5.74, 6) is -0.417. The molecular formula is C46H79O9P. The van der Waals surface area contributed by atoms with Gasteiger partial charge in [-0.2, -0.15) is 0 Å². The topological polar surface area (TPSA) is 132 Å². The number of carbonyl (C=O) groups excluding carboxylic acids is 1. The first-order chi connectivity index (χ1) is 27.3. The van der Waals surface area contributed by atoms with E-state index in [9.17, 15) is 19.4 Å². The number of rotatable bonds is 40. The number of phosphoric acid groups is 1. The fraction of sp³-hybridized carbons (Fsp3) is 0.674. The lowest BCUT2D eigenvalue weighted by Crippen LogP contribution is -2.29. The Morgan fingerprint density at radius 3 is 1.45 bits per heavy atom. The van der Waals surface area contributed by atoms with E-state index in [2.05, 4.69) is 98.9 Å². The molecule has 0 saturated carbocycles. The predicted molar refractivity (Wildman–Crippen MR) is 232 cm³/mol. The number of aliphatic hydroxyl groups is 2. The molecule has 0 fully saturated rings. The van der Waals surface area contributed by atoms with E-state index in [1.807, 2.05) is 0 Å². The van der Waals surface area contributed by atoms with Crippen LogP contribution in [0.1, 0.15) is 155 Å². The highest BCUT2D eigenvalue weighted by Gasteiger charge is 2.26. The number of carbonyl (C=O) groups is 1. The van der Waals surface area contributed by atoms with Gasteiger partial charge in [-0.05, 0) is 83.5 Å². The van der Waals surface area contributed by atoms with Gasteiger partial charge in [-0.3, -0.25) is 13.8 Å². The largest absolute Gasteiger partial charge is 0.472 e. The van der Waals surface area contributed by atoms with E-state index in [0.29, 0.717) is 13.0 Å². The summed E-state index contributed by atoms with van der Waals surface area (Å²) in [6, 6.07) is 0. The molecule has 0 aliphatic carbocycles. The summed E-state index contributed by atoms with van der Waals surface area (Å²) in [5.41, 5.74) is 0. The lowest BCUT2D eigenvalue weighted by atomic mass is 10.1. The van der Waals surface area contributed by atoms with Crippen LogP contribution in [-0.4, -0.2) is 66.3 Å². The highest BCUT2D eigenvalue weighted by molar-refractivity contribution is 7.47. The molecule has 0 aliphatic heterocycles. The first-order valence-electron chi connectivity index (χ1n) is 21.6. The number of aliphatic hydroxyl groups excluding tert-OH is 2. The summed E-state index contributed by atoms with van der Waals surface area (Å²) in [6.07, 6.45) is 51.2. The molecule has 0 bridgehead atoms. The minimum Gasteiger partial charge on any atom is -0.457 e. The molecule has 0 rings (SSSR count). The Kier molecular flexibility index (Phi) is 40.5. The maximum Gasteiger partial charge on any atom is 0.472 e. The van der Waals surface area contributed by atoms with E-state index in [4.69, 9.17) is 23.6 Å². The average Bonchev–Trinajstić information content (AvgIpc) is 3.19. The van der Waals surface area contributed by atoms with Crippen molar-refractivity contribution in [3.63, 3.8) is 0 Å². The zero-order valence-electron chi connectivity index (χ0n) is 35.1. The number of hydrogen-bond acceptors (Lipinski definition) is 8. The Morgan fingerprint density at radius 2 is 0.964 bits per heavy atom. The third kappa shape index (κ3) is 41.3. The summed E-state index contributed by atoms with van der Waals surface area (Å²) in [4.78, 5) is 22.5. The van der Waals surface area contributed by atoms with Gasteiger partial charge in [-0.25, -0.2) is 4.57 Å². The van der Waals surface area contributed by atoms with Crippen molar-refractivity contribution in [1.29, 1.82) is 0 Å². The lowest BCUT2D eigenvalue weighted by Gasteiger charge is -2.20. The van der Waals surface area contributed by atoms with Gasteiger partial charge in [0.05, 0.1) is 26.4 Å². The first kappa shape index (κ1) is 53.6. The average molecular weight is 807 g/mol. The van der Waals surface area contributed by atoms with Gasteiger partial charge < -0.3 is 24.6 Å². The molecule has 0 saturated heterocycles. The minimum atomic E-state index is -4.53. The summed E-state index contributed by atoms with van der Waals surface area (Å²) in [6.45, 7) is 3.21. The number of unbranched alkanes of at least 4 members (excludes halogenated alkanes) is 12. The van der Waals surface area contributed by atoms with Gasteiger partial charge >= 0.3 is 13.8 Å². The second-order valence-electron chi connectivity index (χ2n) is 13.9. The van der Waals surface area contributed by atoms with Crippen molar-refractivity contribution in [1.82, 2.24) is 0 Å². The van der Waals surface area contributed by atoms with Crippen LogP contribution in [0.5, 0.6) is 0 Å². The van der Waals surface area contributed by atoms with Crippen LogP contribution >= 0.6 is 7.82 Å². The molecule has 9 nitrogen and oxygen atoms in total. The number of allylic oxidation sites excluding steroid dienone is 14. The Labute approximate surface area is 341 Å². The zero-order chi connectivity index (χ0) is 41.1. The Morgan fingerprint density at radius 1 is 0.554 bits per heavy atom. The maximum atomic E-state index is 12.6. The van der Waals surface area contributed by atoms with Crippen LogP contribution in [0.4, 0.5) is 0 Å². The lowest BCUT2D eigenvalue weighted by molar-refractivity contribution is -0.154. The molecule has 0 aromatic carbocycles. The number of esters is 1. The van der Waals surface area contributed by atoms with E-state index < -0.39 is 45.8 Å². The van der Waals surface area contributed by atoms with E-state index in [1.54, 1.807) is 0 Å². The highest BCUT2D eigenvalue weighted by Crippen LogP contribution is 2.43. The summed E-state index contributed by atoms with van der Waals surface area (Å²) >= 11 is 0. The molecule has 3 N–H and O–H groups in total. The fourth-order valence-electron chi connectivity index (χ4n) is 5.36. The van der Waals surface area contributed by atoms with Gasteiger partial charge in [0, 0.05) is 13.0 Å². The maximum absolute atomic E-state index is 12.6. The van der Waals surface area contributed by atoms with E-state index in [-0.39, 0.29) is 13.0 Å². The van der Waals surface area contributed by atoms with Crippen LogP contribution in [0.3, 0.4) is 0 Å². The second-order valence-corrected chi connectivity index (χ2v) is 15.4. The van der Waals surface area contributed by atoms with Gasteiger partial charge in [0.1, 0.15) is 12.2 Å². The van der Waals surface area contributed by atoms with Crippen LogP contribution in [0.15, 0.2) is 85.1 Å². The van der Waals surface area contributed by atoms with E-state index in [1.165, 1.54) is 38.5 Å². The number of phosphoric ester groups is 1. The molecule has 3 unspecified atom stereocenters. The SMILES string of the molecule is CC/C=C\C/C=C\C/C=C\C/C=C\CCCCCCCCCCCOCC(COP(=O)(O)OCC(O)CO)OC(=O)CCCCC/C=C\C/C=C\C/C=C\CC. The third-order valence-corrected chi connectivity index (χ3v) is 9.53. The molecule has 0 aromatic heterocycles. The van der Waals surface area contributed by atoms with Crippen molar-refractivity contribution in [2.45, 2.75) is 167 Å². The smallest absolute Gasteiger partial charge is 0.457 e. The predicted octanol–water partition coefficient (Wildman–Crippen LogP) is 11.9. The standard InChI is InChI=1S/C46H79O9P/c1-3-5-7-9-11-13-15-17-18-19-20-21-22-23-24-25-27-29-31-33-35-37-39-52-42-45(43-54-56(50,51)53-41-44(48)40-47)55-46(49)38-36-34-32-30-28-26-16-14-12-10-8-6-4-2/h5-8,11-14,17-18,20-21,26,28,44-45,47-48H,3-4,9-10,15-16,19,22-25,27,29-43H2,1-2H3,(H,50,51)/b7-5-,8-6-,13-11-,14-12-,18-17-,21-20-,28-26-. The zero-order valence-corrected chi connectivity index (χ0v) is 36.0. The molecule has 0 amide bonds. The van der Waals surface area contributed by atoms with Gasteiger partial charge in [-0.1, -0.05) is 150 Å². The van der Waals surface area contributed by atoms with Gasteiger partial charge in [0.25, 0.3) is 0 Å². The van der Waals surface area contributed by atoms with Crippen LogP contribution in [0.2, 0.25) is 0 Å². The quantitative estimate of drug-likeness (QED) is 0.0240. The molecule has 56 heavy (non-hydrogen) atoms. The van der Waals surface area contributed by atoms with Crippen molar-refractivity contribution >= 4 is 13.8 Å². The molecule has 322 valence electrons. The van der Waals surface area contributed by atoms with Crippen LogP contribution in [0.25, 0.3) is 0 Å². The van der Waals surface area contributed by atoms with Crippen LogP contribution in [-0.2, 0) is 27.9 Å². The summed E-state index contributed by atoms with van der Waals surface area (Å²) in [7, 11) is -4.53. The molecule has 0 aliphatic rings. The molecular weight excluding hydrogens is 727 g/mol. The van der Waals surface area contributed by atoms with Crippen LogP contribution < -0.4 is 0 Å². The van der Waals surface area contributed by atoms with E-state index in [0.717, 1.165) is 89.9 Å².